The molecule has 1 aromatic rings. The fraction of sp³-hybridized carbons (Fsp3) is 0.308. The summed E-state index contributed by atoms with van der Waals surface area (Å²) in [6, 6.07) is 2.92. The van der Waals surface area contributed by atoms with Crippen LogP contribution in [-0.4, -0.2) is 38.4 Å². The average Bonchev–Trinajstić information content (AvgIpc) is 2.38. The van der Waals surface area contributed by atoms with E-state index in [1.807, 2.05) is 0 Å². The van der Waals surface area contributed by atoms with E-state index in [1.54, 1.807) is 6.92 Å². The highest BCUT2D eigenvalue weighted by Crippen LogP contribution is 2.25. The highest BCUT2D eigenvalue weighted by molar-refractivity contribution is 7.89. The van der Waals surface area contributed by atoms with E-state index in [9.17, 15) is 17.6 Å². The second-order valence-corrected chi connectivity index (χ2v) is 6.28. The van der Waals surface area contributed by atoms with Crippen molar-refractivity contribution in [1.82, 2.24) is 4.31 Å². The van der Waals surface area contributed by atoms with Crippen LogP contribution in [-0.2, 0) is 19.6 Å². The van der Waals surface area contributed by atoms with Gasteiger partial charge < -0.3 is 4.74 Å². The largest absolute Gasteiger partial charge is 0.465 e. The lowest BCUT2D eigenvalue weighted by molar-refractivity contribution is -0.143. The Balaban J connectivity index is 3.15. The molecule has 0 aliphatic heterocycles. The summed E-state index contributed by atoms with van der Waals surface area (Å²) in [4.78, 5) is 11.2. The average molecular weight is 336 g/mol. The first-order valence-electron chi connectivity index (χ1n) is 6.04. The minimum absolute atomic E-state index is 0.102. The van der Waals surface area contributed by atoms with Gasteiger partial charge in [-0.25, -0.2) is 12.8 Å². The molecule has 0 radical (unpaired) electrons. The minimum atomic E-state index is -4.06. The Morgan fingerprint density at radius 3 is 2.71 bits per heavy atom. The van der Waals surface area contributed by atoms with E-state index in [0.717, 1.165) is 22.5 Å². The predicted molar refractivity (Wildman–Crippen MR) is 77.0 cm³/mol. The first-order chi connectivity index (χ1) is 9.82. The molecule has 0 unspecified atom stereocenters. The van der Waals surface area contributed by atoms with E-state index in [2.05, 4.69) is 6.58 Å². The number of ether oxygens (including phenoxy) is 1. The van der Waals surface area contributed by atoms with Gasteiger partial charge in [0.05, 0.1) is 11.6 Å². The van der Waals surface area contributed by atoms with E-state index in [1.165, 1.54) is 6.08 Å². The van der Waals surface area contributed by atoms with Crippen LogP contribution < -0.4 is 0 Å². The SMILES string of the molecule is C=CCN(CC(=O)OCC)S(=O)(=O)c1ccc(F)cc1Cl. The summed E-state index contributed by atoms with van der Waals surface area (Å²) in [5.74, 6) is -1.35. The number of benzene rings is 1. The van der Waals surface area contributed by atoms with Crippen molar-refractivity contribution in [3.8, 4) is 0 Å². The molecular weight excluding hydrogens is 321 g/mol. The molecule has 116 valence electrons. The molecule has 0 saturated heterocycles. The third-order valence-electron chi connectivity index (χ3n) is 2.46. The predicted octanol–water partition coefficient (Wildman–Crippen LogP) is 2.22. The number of carbonyl (C=O) groups excluding carboxylic acids is 1. The topological polar surface area (TPSA) is 63.7 Å². The summed E-state index contributed by atoms with van der Waals surface area (Å²) in [7, 11) is -4.06. The summed E-state index contributed by atoms with van der Waals surface area (Å²) < 4.78 is 43.5. The molecular formula is C13H15ClFNO4S. The van der Waals surface area contributed by atoms with E-state index < -0.39 is 28.4 Å². The van der Waals surface area contributed by atoms with Gasteiger partial charge in [0.25, 0.3) is 0 Å². The van der Waals surface area contributed by atoms with E-state index in [4.69, 9.17) is 16.3 Å². The van der Waals surface area contributed by atoms with Crippen LogP contribution in [0.2, 0.25) is 5.02 Å². The van der Waals surface area contributed by atoms with Gasteiger partial charge in [-0.3, -0.25) is 4.79 Å². The normalized spacial score (nSPS) is 11.4. The Morgan fingerprint density at radius 1 is 1.52 bits per heavy atom. The van der Waals surface area contributed by atoms with Crippen LogP contribution in [0, 0.1) is 5.82 Å². The van der Waals surface area contributed by atoms with Gasteiger partial charge in [0.2, 0.25) is 10.0 Å². The Labute approximate surface area is 128 Å². The zero-order valence-corrected chi connectivity index (χ0v) is 13.0. The molecule has 0 atom stereocenters. The lowest BCUT2D eigenvalue weighted by Crippen LogP contribution is -2.36. The van der Waals surface area contributed by atoms with Crippen molar-refractivity contribution in [2.75, 3.05) is 19.7 Å². The molecule has 5 nitrogen and oxygen atoms in total. The molecule has 1 aromatic carbocycles. The van der Waals surface area contributed by atoms with Crippen LogP contribution in [0.5, 0.6) is 0 Å². The number of halogens is 2. The van der Waals surface area contributed by atoms with Crippen LogP contribution in [0.15, 0.2) is 35.7 Å². The monoisotopic (exact) mass is 335 g/mol. The van der Waals surface area contributed by atoms with Crippen molar-refractivity contribution >= 4 is 27.6 Å². The lowest BCUT2D eigenvalue weighted by Gasteiger charge is -2.20. The van der Waals surface area contributed by atoms with Gasteiger partial charge in [-0.2, -0.15) is 4.31 Å². The van der Waals surface area contributed by atoms with Gasteiger partial charge in [0.15, 0.2) is 0 Å². The van der Waals surface area contributed by atoms with Crippen molar-refractivity contribution in [2.24, 2.45) is 0 Å². The smallest absolute Gasteiger partial charge is 0.321 e. The molecule has 0 heterocycles. The maximum absolute atomic E-state index is 13.0. The first kappa shape index (κ1) is 17.6. The molecule has 0 spiro atoms. The quantitative estimate of drug-likeness (QED) is 0.566. The molecule has 0 aromatic heterocycles. The Bertz CT molecular complexity index is 633. The Hall–Kier alpha value is -1.44. The standard InChI is InChI=1S/C13H15ClFNO4S/c1-3-7-16(9-13(17)20-4-2)21(18,19)12-6-5-10(15)8-11(12)14/h3,5-6,8H,1,4,7,9H2,2H3. The maximum Gasteiger partial charge on any atom is 0.321 e. The molecule has 0 aliphatic carbocycles. The number of sulfonamides is 1. The molecule has 1 rings (SSSR count). The third-order valence-corrected chi connectivity index (χ3v) is 4.75. The number of carbonyl (C=O) groups is 1. The summed E-state index contributed by atoms with van der Waals surface area (Å²) in [5.41, 5.74) is 0. The highest BCUT2D eigenvalue weighted by atomic mass is 35.5. The van der Waals surface area contributed by atoms with Crippen LogP contribution in [0.1, 0.15) is 6.92 Å². The highest BCUT2D eigenvalue weighted by Gasteiger charge is 2.28. The second kappa shape index (κ2) is 7.53. The zero-order chi connectivity index (χ0) is 16.0. The summed E-state index contributed by atoms with van der Waals surface area (Å²) in [5, 5.41) is -0.257. The Kier molecular flexibility index (Phi) is 6.32. The van der Waals surface area contributed by atoms with E-state index >= 15 is 0 Å². The summed E-state index contributed by atoms with van der Waals surface area (Å²) in [6.07, 6.45) is 1.33. The molecule has 21 heavy (non-hydrogen) atoms. The van der Waals surface area contributed by atoms with Gasteiger partial charge >= 0.3 is 5.97 Å². The van der Waals surface area contributed by atoms with Crippen molar-refractivity contribution in [3.05, 3.63) is 41.7 Å². The fourth-order valence-electron chi connectivity index (χ4n) is 1.57. The first-order valence-corrected chi connectivity index (χ1v) is 7.86. The lowest BCUT2D eigenvalue weighted by atomic mass is 10.3. The van der Waals surface area contributed by atoms with Gasteiger partial charge in [-0.1, -0.05) is 17.7 Å². The molecule has 0 N–H and O–H groups in total. The molecule has 0 amide bonds. The minimum Gasteiger partial charge on any atom is -0.465 e. The van der Waals surface area contributed by atoms with Crippen LogP contribution in [0.3, 0.4) is 0 Å². The van der Waals surface area contributed by atoms with E-state index in [-0.39, 0.29) is 23.1 Å². The molecule has 0 saturated carbocycles. The molecule has 8 heteroatoms. The van der Waals surface area contributed by atoms with Gasteiger partial charge in [-0.05, 0) is 25.1 Å². The zero-order valence-electron chi connectivity index (χ0n) is 11.4. The summed E-state index contributed by atoms with van der Waals surface area (Å²) >= 11 is 5.77. The van der Waals surface area contributed by atoms with Crippen LogP contribution >= 0.6 is 11.6 Å². The number of hydrogen-bond donors (Lipinski definition) is 0. The third kappa shape index (κ3) is 4.52. The number of nitrogens with zero attached hydrogens (tertiary/aromatic N) is 1. The Morgan fingerprint density at radius 2 is 2.19 bits per heavy atom. The van der Waals surface area contributed by atoms with Gasteiger partial charge in [-0.15, -0.1) is 6.58 Å². The summed E-state index contributed by atoms with van der Waals surface area (Å²) in [6.45, 7) is 4.62. The number of hydrogen-bond acceptors (Lipinski definition) is 4. The van der Waals surface area contributed by atoms with Crippen molar-refractivity contribution < 1.29 is 22.3 Å². The molecule has 0 bridgehead atoms. The fourth-order valence-corrected chi connectivity index (χ4v) is 3.43. The number of esters is 1. The van der Waals surface area contributed by atoms with Crippen molar-refractivity contribution in [3.63, 3.8) is 0 Å². The number of rotatable bonds is 7. The maximum atomic E-state index is 13.0. The molecule has 0 aliphatic rings. The van der Waals surface area contributed by atoms with Gasteiger partial charge in [0.1, 0.15) is 17.3 Å². The second-order valence-electron chi connectivity index (χ2n) is 3.97. The van der Waals surface area contributed by atoms with Crippen molar-refractivity contribution in [1.29, 1.82) is 0 Å². The van der Waals surface area contributed by atoms with E-state index in [0.29, 0.717) is 0 Å². The van der Waals surface area contributed by atoms with Crippen LogP contribution in [0.4, 0.5) is 4.39 Å². The molecule has 0 fully saturated rings. The van der Waals surface area contributed by atoms with Gasteiger partial charge in [0, 0.05) is 6.54 Å². The van der Waals surface area contributed by atoms with Crippen molar-refractivity contribution in [2.45, 2.75) is 11.8 Å². The van der Waals surface area contributed by atoms with Crippen LogP contribution in [0.25, 0.3) is 0 Å².